The summed E-state index contributed by atoms with van der Waals surface area (Å²) in [4.78, 5) is 4.10. The van der Waals surface area contributed by atoms with Crippen molar-refractivity contribution in [3.8, 4) is 5.88 Å². The zero-order valence-corrected chi connectivity index (χ0v) is 11.3. The third-order valence-electron chi connectivity index (χ3n) is 4.29. The summed E-state index contributed by atoms with van der Waals surface area (Å²) in [5.74, 6) is 0.633. The Morgan fingerprint density at radius 2 is 2.16 bits per heavy atom. The lowest BCUT2D eigenvalue weighted by Crippen LogP contribution is -2.58. The number of ether oxygens (including phenoxy) is 2. The molecule has 0 atom stereocenters. The lowest BCUT2D eigenvalue weighted by Gasteiger charge is -2.50. The van der Waals surface area contributed by atoms with Crippen LogP contribution in [-0.4, -0.2) is 29.8 Å². The van der Waals surface area contributed by atoms with Gasteiger partial charge in [0.15, 0.2) is 0 Å². The van der Waals surface area contributed by atoms with Crippen molar-refractivity contribution in [3.05, 3.63) is 30.0 Å². The minimum Gasteiger partial charge on any atom is -0.481 e. The molecule has 1 saturated carbocycles. The Hall–Kier alpha value is -1.39. The quantitative estimate of drug-likeness (QED) is 0.904. The van der Waals surface area contributed by atoms with Gasteiger partial charge < -0.3 is 15.2 Å². The van der Waals surface area contributed by atoms with Gasteiger partial charge >= 0.3 is 0 Å². The molecule has 19 heavy (non-hydrogen) atoms. The van der Waals surface area contributed by atoms with Crippen LogP contribution in [0, 0.1) is 0 Å². The van der Waals surface area contributed by atoms with Gasteiger partial charge in [-0.25, -0.2) is 4.98 Å². The monoisotopic (exact) mass is 260 g/mol. The van der Waals surface area contributed by atoms with Crippen LogP contribution in [0.2, 0.25) is 0 Å². The first kappa shape index (κ1) is 12.6. The van der Waals surface area contributed by atoms with Crippen molar-refractivity contribution in [2.75, 3.05) is 13.7 Å². The van der Waals surface area contributed by atoms with Crippen molar-refractivity contribution in [1.82, 2.24) is 4.98 Å². The molecule has 0 spiro atoms. The van der Waals surface area contributed by atoms with E-state index < -0.39 is 0 Å². The Balaban J connectivity index is 1.75. The normalized spacial score (nSPS) is 33.8. The van der Waals surface area contributed by atoms with E-state index in [-0.39, 0.29) is 11.1 Å². The molecule has 2 aliphatic heterocycles. The molecule has 0 amide bonds. The van der Waals surface area contributed by atoms with Crippen LogP contribution in [0.1, 0.15) is 31.2 Å². The Morgan fingerprint density at radius 1 is 1.37 bits per heavy atom. The molecule has 102 valence electrons. The molecular weight excluding hydrogens is 240 g/mol. The van der Waals surface area contributed by atoms with E-state index in [0.717, 1.165) is 31.2 Å². The molecule has 2 N–H and O–H groups in total. The molecule has 3 heterocycles. The van der Waals surface area contributed by atoms with E-state index in [0.29, 0.717) is 12.5 Å². The lowest BCUT2D eigenvalue weighted by atomic mass is 9.71. The predicted molar refractivity (Wildman–Crippen MR) is 73.9 cm³/mol. The zero-order chi connectivity index (χ0) is 13.3. The number of rotatable bonds is 3. The highest BCUT2D eigenvalue weighted by atomic mass is 16.5. The number of hydrogen-bond donors (Lipinski definition) is 1. The van der Waals surface area contributed by atoms with Gasteiger partial charge in [-0.3, -0.25) is 0 Å². The van der Waals surface area contributed by atoms with E-state index in [9.17, 15) is 0 Å². The van der Waals surface area contributed by atoms with E-state index in [1.807, 2.05) is 12.1 Å². The van der Waals surface area contributed by atoms with E-state index in [4.69, 9.17) is 15.2 Å². The van der Waals surface area contributed by atoms with Gasteiger partial charge in [0.2, 0.25) is 5.88 Å². The van der Waals surface area contributed by atoms with Crippen molar-refractivity contribution in [3.63, 3.8) is 0 Å². The molecule has 3 aliphatic rings. The summed E-state index contributed by atoms with van der Waals surface area (Å²) < 4.78 is 11.1. The molecule has 1 aromatic heterocycles. The van der Waals surface area contributed by atoms with Gasteiger partial charge in [-0.15, -0.1) is 0 Å². The minimum atomic E-state index is -0.113. The third kappa shape index (κ3) is 2.51. The second kappa shape index (κ2) is 4.62. The van der Waals surface area contributed by atoms with Gasteiger partial charge in [0.05, 0.1) is 19.3 Å². The number of pyridine rings is 1. The second-order valence-electron chi connectivity index (χ2n) is 5.68. The molecule has 4 rings (SSSR count). The Bertz CT molecular complexity index is 474. The molecule has 0 aromatic carbocycles. The molecule has 4 heteroatoms. The number of aromatic nitrogens is 1. The van der Waals surface area contributed by atoms with Crippen molar-refractivity contribution in [2.45, 2.75) is 36.8 Å². The third-order valence-corrected chi connectivity index (χ3v) is 4.29. The van der Waals surface area contributed by atoms with Gasteiger partial charge in [-0.1, -0.05) is 12.2 Å². The molecule has 2 saturated heterocycles. The first-order chi connectivity index (χ1) is 9.13. The van der Waals surface area contributed by atoms with Crippen molar-refractivity contribution in [2.24, 2.45) is 5.73 Å². The zero-order valence-electron chi connectivity index (χ0n) is 11.3. The molecule has 0 radical (unpaired) electrons. The average Bonchev–Trinajstić information content (AvgIpc) is 2.47. The van der Waals surface area contributed by atoms with E-state index in [2.05, 4.69) is 17.1 Å². The summed E-state index contributed by atoms with van der Waals surface area (Å²) >= 11 is 0. The molecular formula is C15H20N2O2. The maximum atomic E-state index is 6.23. The average molecular weight is 260 g/mol. The van der Waals surface area contributed by atoms with Gasteiger partial charge in [-0.05, 0) is 37.3 Å². The Kier molecular flexibility index (Phi) is 3.07. The van der Waals surface area contributed by atoms with Crippen molar-refractivity contribution >= 4 is 6.08 Å². The molecule has 2 bridgehead atoms. The molecule has 4 nitrogen and oxygen atoms in total. The highest BCUT2D eigenvalue weighted by molar-refractivity contribution is 5.51. The van der Waals surface area contributed by atoms with Crippen LogP contribution in [0.25, 0.3) is 6.08 Å². The van der Waals surface area contributed by atoms with E-state index in [1.54, 1.807) is 13.3 Å². The van der Waals surface area contributed by atoms with Crippen LogP contribution >= 0.6 is 0 Å². The standard InChI is InChI=1S/C15H20N2O2/c1-18-13-10-12(3-9-17-13)2-4-15-7-5-14(16,6-8-15)11-19-15/h2-4,9-10H,5-8,11,16H2,1H3/b4-2+. The fraction of sp³-hybridized carbons (Fsp3) is 0.533. The number of nitrogens with zero attached hydrogens (tertiary/aromatic N) is 1. The van der Waals surface area contributed by atoms with Crippen LogP contribution in [0.15, 0.2) is 24.4 Å². The van der Waals surface area contributed by atoms with Gasteiger partial charge in [0.25, 0.3) is 0 Å². The maximum Gasteiger partial charge on any atom is 0.213 e. The van der Waals surface area contributed by atoms with Crippen LogP contribution in [-0.2, 0) is 4.74 Å². The summed E-state index contributed by atoms with van der Waals surface area (Å²) in [6.45, 7) is 0.678. The highest BCUT2D eigenvalue weighted by Crippen LogP contribution is 2.43. The number of methoxy groups -OCH3 is 1. The maximum absolute atomic E-state index is 6.23. The summed E-state index contributed by atoms with van der Waals surface area (Å²) in [5.41, 5.74) is 7.12. The molecule has 1 aromatic rings. The second-order valence-corrected chi connectivity index (χ2v) is 5.68. The molecule has 3 fully saturated rings. The van der Waals surface area contributed by atoms with Gasteiger partial charge in [0.1, 0.15) is 0 Å². The van der Waals surface area contributed by atoms with Crippen LogP contribution in [0.4, 0.5) is 0 Å². The molecule has 1 aliphatic carbocycles. The Morgan fingerprint density at radius 3 is 2.79 bits per heavy atom. The predicted octanol–water partition coefficient (Wildman–Crippen LogP) is 2.14. The summed E-state index contributed by atoms with van der Waals surface area (Å²) in [7, 11) is 1.63. The van der Waals surface area contributed by atoms with E-state index >= 15 is 0 Å². The SMILES string of the molecule is COc1cc(/C=C/C23CCC(N)(CC2)CO3)ccn1. The van der Waals surface area contributed by atoms with E-state index in [1.165, 1.54) is 0 Å². The van der Waals surface area contributed by atoms with Crippen LogP contribution < -0.4 is 10.5 Å². The fourth-order valence-electron chi connectivity index (χ4n) is 2.85. The van der Waals surface area contributed by atoms with Crippen LogP contribution in [0.3, 0.4) is 0 Å². The summed E-state index contributed by atoms with van der Waals surface area (Å²) in [5, 5.41) is 0. The number of fused-ring (bicyclic) bond motifs is 3. The summed E-state index contributed by atoms with van der Waals surface area (Å²) in [6, 6.07) is 3.89. The summed E-state index contributed by atoms with van der Waals surface area (Å²) in [6.07, 6.45) is 10.2. The largest absolute Gasteiger partial charge is 0.481 e. The van der Waals surface area contributed by atoms with Crippen LogP contribution in [0.5, 0.6) is 5.88 Å². The smallest absolute Gasteiger partial charge is 0.213 e. The van der Waals surface area contributed by atoms with Gasteiger partial charge in [0, 0.05) is 17.8 Å². The van der Waals surface area contributed by atoms with Gasteiger partial charge in [-0.2, -0.15) is 0 Å². The fourth-order valence-corrected chi connectivity index (χ4v) is 2.85. The number of nitrogens with two attached hydrogens (primary N) is 1. The van der Waals surface area contributed by atoms with Crippen molar-refractivity contribution < 1.29 is 9.47 Å². The highest BCUT2D eigenvalue weighted by Gasteiger charge is 2.46. The molecule has 0 unspecified atom stereocenters. The number of hydrogen-bond acceptors (Lipinski definition) is 4. The lowest BCUT2D eigenvalue weighted by molar-refractivity contribution is -0.123. The topological polar surface area (TPSA) is 57.4 Å². The Labute approximate surface area is 113 Å². The van der Waals surface area contributed by atoms with Crippen molar-refractivity contribution in [1.29, 1.82) is 0 Å². The minimum absolute atomic E-state index is 0.0739. The first-order valence-corrected chi connectivity index (χ1v) is 6.75. The first-order valence-electron chi connectivity index (χ1n) is 6.75.